The third-order valence-corrected chi connectivity index (χ3v) is 6.34. The van der Waals surface area contributed by atoms with Gasteiger partial charge in [0, 0.05) is 25.0 Å². The van der Waals surface area contributed by atoms with E-state index in [0.717, 1.165) is 30.0 Å². The first-order valence-corrected chi connectivity index (χ1v) is 9.42. The Hall–Kier alpha value is -0.240. The van der Waals surface area contributed by atoms with E-state index in [9.17, 15) is 34.9 Å². The Labute approximate surface area is 139 Å². The van der Waals surface area contributed by atoms with E-state index >= 15 is 0 Å². The van der Waals surface area contributed by atoms with Crippen LogP contribution in [0.2, 0.25) is 0 Å². The van der Waals surface area contributed by atoms with Crippen molar-refractivity contribution in [3.63, 3.8) is 0 Å². The topological polar surface area (TPSA) is 57.6 Å². The third kappa shape index (κ3) is 3.50. The summed E-state index contributed by atoms with van der Waals surface area (Å²) < 4.78 is 105. The minimum Gasteiger partial charge on any atom is -0.245 e. The van der Waals surface area contributed by atoms with E-state index in [1.54, 1.807) is 0 Å². The Morgan fingerprint density at radius 2 is 1.58 bits per heavy atom. The molecule has 1 saturated carbocycles. The fraction of sp³-hybridized carbons (Fsp3) is 1.00. The van der Waals surface area contributed by atoms with Crippen LogP contribution in [-0.4, -0.2) is 46.0 Å². The van der Waals surface area contributed by atoms with Gasteiger partial charge in [-0.2, -0.15) is 8.78 Å². The van der Waals surface area contributed by atoms with Crippen LogP contribution in [0.5, 0.6) is 0 Å². The van der Waals surface area contributed by atoms with E-state index < -0.39 is 37.9 Å². The fourth-order valence-corrected chi connectivity index (χ4v) is 4.64. The predicted molar refractivity (Wildman–Crippen MR) is 73.1 cm³/mol. The lowest BCUT2D eigenvalue weighted by Gasteiger charge is -2.41. The molecule has 2 aliphatic rings. The minimum atomic E-state index is -6.76. The van der Waals surface area contributed by atoms with Crippen LogP contribution in [0.15, 0.2) is 0 Å². The molecular weight excluding hydrogens is 386 g/mol. The van der Waals surface area contributed by atoms with Crippen molar-refractivity contribution in [1.82, 2.24) is 4.31 Å². The van der Waals surface area contributed by atoms with Gasteiger partial charge in [0.05, 0.1) is 8.96 Å². The molecule has 2 rings (SSSR count). The quantitative estimate of drug-likeness (QED) is 0.249. The van der Waals surface area contributed by atoms with Gasteiger partial charge < -0.3 is 0 Å². The van der Waals surface area contributed by atoms with Gasteiger partial charge in [-0.1, -0.05) is 19.3 Å². The van der Waals surface area contributed by atoms with Crippen molar-refractivity contribution in [1.29, 1.82) is 0 Å². The standard InChI is InChI=1S/C11H16F6N2O3S2/c12-10(13,19(16,17)24(20,21)22)11(14,15)23-18-6-5-8-3-1-2-4-9(8)7-18/h8-9H,1-7H2/p+1. The molecule has 2 fully saturated rings. The molecule has 1 aliphatic carbocycles. The van der Waals surface area contributed by atoms with Crippen LogP contribution < -0.4 is 0 Å². The van der Waals surface area contributed by atoms with Gasteiger partial charge in [-0.05, 0) is 24.7 Å². The van der Waals surface area contributed by atoms with Crippen LogP contribution in [0.25, 0.3) is 0 Å². The van der Waals surface area contributed by atoms with Crippen molar-refractivity contribution < 1.29 is 43.8 Å². The summed E-state index contributed by atoms with van der Waals surface area (Å²) in [4.78, 5) is 0. The van der Waals surface area contributed by atoms with E-state index in [4.69, 9.17) is 4.55 Å². The maximum absolute atomic E-state index is 13.7. The molecule has 5 nitrogen and oxygen atoms in total. The van der Waals surface area contributed by atoms with E-state index in [-0.39, 0.29) is 19.0 Å². The van der Waals surface area contributed by atoms with Crippen LogP contribution in [0.3, 0.4) is 0 Å². The molecule has 2 unspecified atom stereocenters. The van der Waals surface area contributed by atoms with Crippen LogP contribution in [-0.2, 0) is 10.3 Å². The lowest BCUT2D eigenvalue weighted by atomic mass is 9.76. The molecule has 1 saturated heterocycles. The highest BCUT2D eigenvalue weighted by Gasteiger charge is 2.83. The van der Waals surface area contributed by atoms with Crippen molar-refractivity contribution in [3.05, 3.63) is 0 Å². The summed E-state index contributed by atoms with van der Waals surface area (Å²) >= 11 is -0.793. The molecule has 2 atom stereocenters. The molecule has 1 aliphatic heterocycles. The zero-order valence-electron chi connectivity index (χ0n) is 12.3. The lowest BCUT2D eigenvalue weighted by molar-refractivity contribution is -1.14. The highest BCUT2D eigenvalue weighted by Crippen LogP contribution is 2.53. The fourth-order valence-electron chi connectivity index (χ4n) is 3.16. The van der Waals surface area contributed by atoms with Gasteiger partial charge in [-0.3, -0.25) is 0 Å². The molecule has 13 heteroatoms. The van der Waals surface area contributed by atoms with E-state index in [2.05, 4.69) is 0 Å². The Balaban J connectivity index is 2.12. The van der Waals surface area contributed by atoms with Crippen molar-refractivity contribution in [2.24, 2.45) is 11.8 Å². The molecule has 0 radical (unpaired) electrons. The number of hydrogen-bond donors (Lipinski definition) is 1. The number of fused-ring (bicyclic) bond motifs is 1. The number of rotatable bonds is 5. The highest BCUT2D eigenvalue weighted by molar-refractivity contribution is 7.98. The largest absolute Gasteiger partial charge is 0.558 e. The van der Waals surface area contributed by atoms with Crippen LogP contribution >= 0.6 is 11.9 Å². The van der Waals surface area contributed by atoms with E-state index in [1.165, 1.54) is 0 Å². The predicted octanol–water partition coefficient (Wildman–Crippen LogP) is 3.72. The van der Waals surface area contributed by atoms with E-state index in [1.807, 2.05) is 0 Å². The molecule has 0 aromatic rings. The van der Waals surface area contributed by atoms with Gasteiger partial charge >= 0.3 is 21.6 Å². The maximum Gasteiger partial charge on any atom is 0.558 e. The van der Waals surface area contributed by atoms with Gasteiger partial charge in [0.1, 0.15) is 0 Å². The second-order valence-electron chi connectivity index (χ2n) is 6.04. The van der Waals surface area contributed by atoms with Gasteiger partial charge in [0.25, 0.3) is 4.33 Å². The molecule has 1 N–H and O–H groups in total. The summed E-state index contributed by atoms with van der Waals surface area (Å²) in [6.07, 6.45) is 4.07. The van der Waals surface area contributed by atoms with E-state index in [0.29, 0.717) is 12.3 Å². The van der Waals surface area contributed by atoms with Crippen molar-refractivity contribution in [3.8, 4) is 0 Å². The number of quaternary nitrogens is 1. The third-order valence-electron chi connectivity index (χ3n) is 4.46. The van der Waals surface area contributed by atoms with Crippen molar-refractivity contribution in [2.75, 3.05) is 13.1 Å². The molecule has 0 bridgehead atoms. The molecule has 24 heavy (non-hydrogen) atoms. The van der Waals surface area contributed by atoms with Crippen LogP contribution in [0.4, 0.5) is 26.5 Å². The average Bonchev–Trinajstić information content (AvgIpc) is 2.45. The highest BCUT2D eigenvalue weighted by atomic mass is 32.2. The normalized spacial score (nSPS) is 27.8. The summed E-state index contributed by atoms with van der Waals surface area (Å²) in [5, 5.41) is -5.42. The zero-order valence-corrected chi connectivity index (χ0v) is 14.0. The monoisotopic (exact) mass is 403 g/mol. The Morgan fingerprint density at radius 1 is 1.04 bits per heavy atom. The van der Waals surface area contributed by atoms with Crippen LogP contribution in [0.1, 0.15) is 32.1 Å². The first kappa shape index (κ1) is 20.1. The number of hydrogen-bond acceptors (Lipinski definition) is 4. The zero-order chi connectivity index (χ0) is 18.4. The second-order valence-corrected chi connectivity index (χ2v) is 8.61. The number of piperidine rings is 1. The smallest absolute Gasteiger partial charge is 0.245 e. The van der Waals surface area contributed by atoms with Gasteiger partial charge in [0.15, 0.2) is 0 Å². The van der Waals surface area contributed by atoms with Gasteiger partial charge in [-0.15, -0.1) is 17.2 Å². The van der Waals surface area contributed by atoms with Gasteiger partial charge in [-0.25, -0.2) is 8.86 Å². The Bertz CT molecular complexity index is 574. The molecule has 0 amide bonds. The minimum absolute atomic E-state index is 0.0158. The molecule has 0 aromatic heterocycles. The number of halogens is 6. The molecule has 0 aromatic carbocycles. The first-order chi connectivity index (χ1) is 10.8. The van der Waals surface area contributed by atoms with Crippen molar-refractivity contribution in [2.45, 2.75) is 43.4 Å². The second kappa shape index (κ2) is 6.49. The summed E-state index contributed by atoms with van der Waals surface area (Å²) in [5.74, 6) is 0.334. The number of alkyl halides is 4. The lowest BCUT2D eigenvalue weighted by Crippen LogP contribution is -2.60. The molecular formula is C11H17F6N2O3S2+. The number of nitrogens with zero attached hydrogens (tertiary/aromatic N) is 2. The molecule has 0 spiro atoms. The summed E-state index contributed by atoms with van der Waals surface area (Å²) in [7, 11) is -6.76. The molecule has 142 valence electrons. The maximum atomic E-state index is 13.7. The molecule has 1 heterocycles. The van der Waals surface area contributed by atoms with Gasteiger partial charge in [0.2, 0.25) is 0 Å². The summed E-state index contributed by atoms with van der Waals surface area (Å²) in [6.45, 7) is 0.0629. The Morgan fingerprint density at radius 3 is 2.12 bits per heavy atom. The SMILES string of the molecule is O=S(=O)(O)[N+](F)(F)C(F)(F)C(F)(F)SN1CCC2CCCCC2C1. The summed E-state index contributed by atoms with van der Waals surface area (Å²) in [6, 6.07) is -6.32. The van der Waals surface area contributed by atoms with Crippen molar-refractivity contribution >= 4 is 22.3 Å². The Kier molecular flexibility index (Phi) is 5.43. The average molecular weight is 403 g/mol. The summed E-state index contributed by atoms with van der Waals surface area (Å²) in [5.41, 5.74) is 0. The first-order valence-electron chi connectivity index (χ1n) is 7.25. The van der Waals surface area contributed by atoms with Crippen LogP contribution in [0, 0.1) is 11.8 Å².